The molecule has 11 heteroatoms. The van der Waals surface area contributed by atoms with Crippen molar-refractivity contribution in [3.63, 3.8) is 0 Å². The summed E-state index contributed by atoms with van der Waals surface area (Å²) in [6.07, 6.45) is 5.82. The van der Waals surface area contributed by atoms with Gasteiger partial charge in [0.15, 0.2) is 21.8 Å². The van der Waals surface area contributed by atoms with Crippen LogP contribution in [0.2, 0.25) is 0 Å². The van der Waals surface area contributed by atoms with Crippen molar-refractivity contribution in [3.05, 3.63) is 48.3 Å². The first-order chi connectivity index (χ1) is 16.6. The van der Waals surface area contributed by atoms with Crippen molar-refractivity contribution < 1.29 is 9.47 Å². The molecular weight excluding hydrogens is 470 g/mol. The average molecular weight is 496 g/mol. The number of benzene rings is 1. The number of nitrogens with zero attached hydrogens (tertiary/aromatic N) is 5. The van der Waals surface area contributed by atoms with Crippen LogP contribution in [0.3, 0.4) is 0 Å². The first-order valence-corrected chi connectivity index (χ1v) is 12.4. The minimum atomic E-state index is 0.254. The maximum absolute atomic E-state index is 5.52. The van der Waals surface area contributed by atoms with Crippen LogP contribution in [-0.4, -0.2) is 44.9 Å². The molecule has 2 aliphatic rings. The summed E-state index contributed by atoms with van der Waals surface area (Å²) in [6, 6.07) is 9.61. The van der Waals surface area contributed by atoms with Gasteiger partial charge in [0, 0.05) is 38.1 Å². The molecule has 9 nitrogen and oxygen atoms in total. The summed E-state index contributed by atoms with van der Waals surface area (Å²) >= 11 is 6.92. The number of aromatic nitrogens is 4. The standard InChI is InChI=1S/C23H25N7O2S2/c1-15-4-2-9-30(13-15)19-11-20(34-23-24-7-3-8-25-23)28-21(27-19)29-22(33)26-12-16-5-6-17-18(10-16)32-14-31-17/h3,5-8,10-11,15H,2,4,9,12-14H2,1H3,(H2,26,27,28,29,33)/t15-/m0/s1. The molecule has 1 fully saturated rings. The van der Waals surface area contributed by atoms with Crippen molar-refractivity contribution in [2.24, 2.45) is 5.92 Å². The van der Waals surface area contributed by atoms with E-state index in [9.17, 15) is 0 Å². The van der Waals surface area contributed by atoms with Crippen LogP contribution in [0.25, 0.3) is 0 Å². The van der Waals surface area contributed by atoms with Crippen molar-refractivity contribution in [2.75, 3.05) is 30.1 Å². The van der Waals surface area contributed by atoms with E-state index < -0.39 is 0 Å². The molecule has 2 aliphatic heterocycles. The van der Waals surface area contributed by atoms with Gasteiger partial charge in [0.05, 0.1) is 0 Å². The van der Waals surface area contributed by atoms with Crippen molar-refractivity contribution in [3.8, 4) is 11.5 Å². The fourth-order valence-electron chi connectivity index (χ4n) is 3.89. The number of nitrogens with one attached hydrogen (secondary N) is 2. The molecule has 34 heavy (non-hydrogen) atoms. The summed E-state index contributed by atoms with van der Waals surface area (Å²) in [4.78, 5) is 20.3. The van der Waals surface area contributed by atoms with E-state index in [4.69, 9.17) is 26.7 Å². The zero-order valence-corrected chi connectivity index (χ0v) is 20.4. The van der Waals surface area contributed by atoms with Crippen molar-refractivity contribution in [1.29, 1.82) is 0 Å². The lowest BCUT2D eigenvalue weighted by molar-refractivity contribution is 0.174. The number of hydrogen-bond acceptors (Lipinski definition) is 9. The summed E-state index contributed by atoms with van der Waals surface area (Å²) in [5, 5.41) is 8.19. The van der Waals surface area contributed by atoms with Crippen LogP contribution in [0.1, 0.15) is 25.3 Å². The highest BCUT2D eigenvalue weighted by atomic mass is 32.2. The van der Waals surface area contributed by atoms with Crippen LogP contribution < -0.4 is 25.0 Å². The topological polar surface area (TPSA) is 97.3 Å². The lowest BCUT2D eigenvalue weighted by Crippen LogP contribution is -2.35. The van der Waals surface area contributed by atoms with Gasteiger partial charge in [-0.25, -0.2) is 15.0 Å². The highest BCUT2D eigenvalue weighted by Crippen LogP contribution is 2.32. The first-order valence-electron chi connectivity index (χ1n) is 11.1. The van der Waals surface area contributed by atoms with E-state index in [0.29, 0.717) is 28.7 Å². The van der Waals surface area contributed by atoms with Crippen LogP contribution in [0.15, 0.2) is 52.9 Å². The normalized spacial score (nSPS) is 16.9. The zero-order chi connectivity index (χ0) is 23.3. The Morgan fingerprint density at radius 3 is 2.88 bits per heavy atom. The van der Waals surface area contributed by atoms with Gasteiger partial charge in [0.1, 0.15) is 10.8 Å². The Kier molecular flexibility index (Phi) is 6.91. The molecule has 0 unspecified atom stereocenters. The lowest BCUT2D eigenvalue weighted by atomic mass is 10.0. The molecule has 1 atom stereocenters. The van der Waals surface area contributed by atoms with Crippen LogP contribution in [0.4, 0.5) is 11.8 Å². The van der Waals surface area contributed by atoms with Gasteiger partial charge in [0.25, 0.3) is 0 Å². The molecular formula is C23H25N7O2S2. The van der Waals surface area contributed by atoms with E-state index in [-0.39, 0.29) is 6.79 Å². The first kappa shape index (κ1) is 22.6. The molecule has 0 aliphatic carbocycles. The van der Waals surface area contributed by atoms with Gasteiger partial charge >= 0.3 is 0 Å². The molecule has 0 saturated carbocycles. The lowest BCUT2D eigenvalue weighted by Gasteiger charge is -2.32. The highest BCUT2D eigenvalue weighted by molar-refractivity contribution is 7.99. The predicted octanol–water partition coefficient (Wildman–Crippen LogP) is 3.87. The second-order valence-corrected chi connectivity index (χ2v) is 9.61. The van der Waals surface area contributed by atoms with Gasteiger partial charge in [-0.2, -0.15) is 4.98 Å². The van der Waals surface area contributed by atoms with Crippen molar-refractivity contribution >= 4 is 40.9 Å². The summed E-state index contributed by atoms with van der Waals surface area (Å²) in [5.41, 5.74) is 1.03. The molecule has 2 N–H and O–H groups in total. The predicted molar refractivity (Wildman–Crippen MR) is 134 cm³/mol. The van der Waals surface area contributed by atoms with Gasteiger partial charge < -0.3 is 25.0 Å². The average Bonchev–Trinajstić information content (AvgIpc) is 3.31. The number of fused-ring (bicyclic) bond motifs is 1. The van der Waals surface area contributed by atoms with E-state index in [0.717, 1.165) is 47.4 Å². The number of rotatable bonds is 6. The largest absolute Gasteiger partial charge is 0.454 e. The number of ether oxygens (including phenoxy) is 2. The third kappa shape index (κ3) is 5.65. The van der Waals surface area contributed by atoms with Gasteiger partial charge in [-0.3, -0.25) is 0 Å². The van der Waals surface area contributed by atoms with Crippen molar-refractivity contribution in [2.45, 2.75) is 36.5 Å². The Morgan fingerprint density at radius 2 is 2.03 bits per heavy atom. The monoisotopic (exact) mass is 495 g/mol. The van der Waals surface area contributed by atoms with E-state index >= 15 is 0 Å². The van der Waals surface area contributed by atoms with E-state index in [1.807, 2.05) is 24.3 Å². The van der Waals surface area contributed by atoms with Gasteiger partial charge in [0.2, 0.25) is 12.7 Å². The Hall–Kier alpha value is -3.18. The summed E-state index contributed by atoms with van der Waals surface area (Å²) in [7, 11) is 0. The van der Waals surface area contributed by atoms with Crippen LogP contribution in [-0.2, 0) is 6.54 Å². The molecule has 5 rings (SSSR count). The van der Waals surface area contributed by atoms with E-state index in [1.165, 1.54) is 18.2 Å². The Labute approximate surface area is 207 Å². The summed E-state index contributed by atoms with van der Waals surface area (Å²) in [5.74, 6) is 3.44. The molecule has 0 spiro atoms. The third-order valence-electron chi connectivity index (χ3n) is 5.52. The highest BCUT2D eigenvalue weighted by Gasteiger charge is 2.20. The van der Waals surface area contributed by atoms with Crippen LogP contribution in [0.5, 0.6) is 11.5 Å². The van der Waals surface area contributed by atoms with Crippen molar-refractivity contribution in [1.82, 2.24) is 25.3 Å². The molecule has 4 heterocycles. The minimum Gasteiger partial charge on any atom is -0.454 e. The van der Waals surface area contributed by atoms with E-state index in [2.05, 4.69) is 37.4 Å². The maximum atomic E-state index is 5.52. The molecule has 3 aromatic rings. The number of thiocarbonyl (C=S) groups is 1. The number of piperidine rings is 1. The second-order valence-electron chi connectivity index (χ2n) is 8.21. The van der Waals surface area contributed by atoms with Gasteiger partial charge in [-0.05, 0) is 66.5 Å². The molecule has 176 valence electrons. The molecule has 1 aromatic carbocycles. The van der Waals surface area contributed by atoms with Crippen LogP contribution in [0, 0.1) is 5.92 Å². The number of anilines is 2. The molecule has 2 aromatic heterocycles. The molecule has 1 saturated heterocycles. The smallest absolute Gasteiger partial charge is 0.232 e. The van der Waals surface area contributed by atoms with Gasteiger partial charge in [-0.15, -0.1) is 0 Å². The fraction of sp³-hybridized carbons (Fsp3) is 0.348. The Bertz CT molecular complexity index is 1170. The SMILES string of the molecule is C[C@H]1CCCN(c2cc(Sc3ncccn3)nc(NC(=S)NCc3ccc4c(c3)OCO4)n2)C1. The Balaban J connectivity index is 1.30. The van der Waals surface area contributed by atoms with Crippen LogP contribution >= 0.6 is 24.0 Å². The third-order valence-corrected chi connectivity index (χ3v) is 6.58. The maximum Gasteiger partial charge on any atom is 0.232 e. The Morgan fingerprint density at radius 1 is 1.18 bits per heavy atom. The number of hydrogen-bond donors (Lipinski definition) is 2. The fourth-order valence-corrected chi connectivity index (χ4v) is 4.77. The molecule has 0 bridgehead atoms. The second kappa shape index (κ2) is 10.4. The van der Waals surface area contributed by atoms with E-state index in [1.54, 1.807) is 18.5 Å². The zero-order valence-electron chi connectivity index (χ0n) is 18.7. The molecule has 0 amide bonds. The molecule has 0 radical (unpaired) electrons. The van der Waals surface area contributed by atoms with Gasteiger partial charge in [-0.1, -0.05) is 13.0 Å². The minimum absolute atomic E-state index is 0.254. The summed E-state index contributed by atoms with van der Waals surface area (Å²) < 4.78 is 10.8. The summed E-state index contributed by atoms with van der Waals surface area (Å²) in [6.45, 7) is 5.00. The quantitative estimate of drug-likeness (QED) is 0.296.